The predicted octanol–water partition coefficient (Wildman–Crippen LogP) is 5.65. The van der Waals surface area contributed by atoms with Crippen LogP contribution in [0.15, 0.2) is 48.5 Å². The molecule has 6 nitrogen and oxygen atoms in total. The van der Waals surface area contributed by atoms with Crippen molar-refractivity contribution in [1.29, 1.82) is 0 Å². The number of imidazole rings is 1. The van der Waals surface area contributed by atoms with E-state index in [9.17, 15) is 9.90 Å². The minimum Gasteiger partial charge on any atom is -0.387 e. The van der Waals surface area contributed by atoms with Crippen LogP contribution in [0.1, 0.15) is 58.2 Å². The maximum atomic E-state index is 13.2. The van der Waals surface area contributed by atoms with Gasteiger partial charge in [0.2, 0.25) is 11.9 Å². The standard InChI is InChI=1S/C23H24N4O2.CH4/c1-23(2,20(28)15-8-5-4-6-9-15)21(29)26-22-25-18-13-12-16(24-3)14-19(18)27(22)17-10-7-11-17;/h4-6,8-9,12-14,17,20,28H,7,10-11H2,1-2H3,(H,25,26,29);1H4. The molecule has 30 heavy (non-hydrogen) atoms. The van der Waals surface area contributed by atoms with Gasteiger partial charge in [-0.15, -0.1) is 0 Å². The van der Waals surface area contributed by atoms with Crippen molar-refractivity contribution in [1.82, 2.24) is 9.55 Å². The number of aliphatic hydroxyl groups excluding tert-OH is 1. The Kier molecular flexibility index (Phi) is 5.95. The summed E-state index contributed by atoms with van der Waals surface area (Å²) >= 11 is 0. The van der Waals surface area contributed by atoms with Gasteiger partial charge in [0.1, 0.15) is 0 Å². The zero-order valence-corrected chi connectivity index (χ0v) is 16.6. The van der Waals surface area contributed by atoms with Gasteiger partial charge in [-0.3, -0.25) is 10.1 Å². The molecule has 1 saturated carbocycles. The fraction of sp³-hybridized carbons (Fsp3) is 0.375. The Bertz CT molecular complexity index is 1090. The van der Waals surface area contributed by atoms with Gasteiger partial charge in [0.25, 0.3) is 0 Å². The summed E-state index contributed by atoms with van der Waals surface area (Å²) in [4.78, 5) is 21.3. The molecule has 0 aliphatic heterocycles. The molecule has 2 aromatic carbocycles. The van der Waals surface area contributed by atoms with Gasteiger partial charge < -0.3 is 9.67 Å². The topological polar surface area (TPSA) is 71.5 Å². The third-order valence-electron chi connectivity index (χ3n) is 5.85. The van der Waals surface area contributed by atoms with E-state index < -0.39 is 11.5 Å². The Morgan fingerprint density at radius 3 is 2.57 bits per heavy atom. The number of hydrogen-bond donors (Lipinski definition) is 2. The molecular weight excluding hydrogens is 376 g/mol. The summed E-state index contributed by atoms with van der Waals surface area (Å²) in [7, 11) is 0. The smallest absolute Gasteiger partial charge is 0.235 e. The number of hydrogen-bond acceptors (Lipinski definition) is 3. The Labute approximate surface area is 177 Å². The Morgan fingerprint density at radius 1 is 1.27 bits per heavy atom. The molecule has 0 spiro atoms. The monoisotopic (exact) mass is 404 g/mol. The molecule has 1 aliphatic carbocycles. The van der Waals surface area contributed by atoms with Crippen LogP contribution in [-0.2, 0) is 4.79 Å². The second-order valence-corrected chi connectivity index (χ2v) is 8.16. The van der Waals surface area contributed by atoms with E-state index in [2.05, 4.69) is 15.1 Å². The van der Waals surface area contributed by atoms with Gasteiger partial charge >= 0.3 is 0 Å². The average molecular weight is 405 g/mol. The number of aliphatic hydroxyl groups is 1. The first-order chi connectivity index (χ1) is 13.9. The van der Waals surface area contributed by atoms with E-state index in [1.807, 2.05) is 47.0 Å². The Balaban J connectivity index is 0.00000256. The van der Waals surface area contributed by atoms with E-state index in [1.54, 1.807) is 19.9 Å². The third kappa shape index (κ3) is 3.69. The van der Waals surface area contributed by atoms with Crippen molar-refractivity contribution >= 4 is 28.6 Å². The highest BCUT2D eigenvalue weighted by atomic mass is 16.3. The molecule has 3 aromatic rings. The predicted molar refractivity (Wildman–Crippen MR) is 119 cm³/mol. The molecule has 1 fully saturated rings. The highest BCUT2D eigenvalue weighted by Crippen LogP contribution is 2.39. The number of carbonyl (C=O) groups excluding carboxylic acids is 1. The molecule has 1 amide bonds. The summed E-state index contributed by atoms with van der Waals surface area (Å²) in [6, 6.07) is 14.8. The summed E-state index contributed by atoms with van der Waals surface area (Å²) in [5, 5.41) is 13.8. The largest absolute Gasteiger partial charge is 0.387 e. The van der Waals surface area contributed by atoms with Gasteiger partial charge in [-0.2, -0.15) is 0 Å². The van der Waals surface area contributed by atoms with Gasteiger partial charge in [-0.25, -0.2) is 9.83 Å². The lowest BCUT2D eigenvalue weighted by atomic mass is 9.82. The molecule has 1 heterocycles. The molecule has 156 valence electrons. The van der Waals surface area contributed by atoms with E-state index in [1.165, 1.54) is 0 Å². The number of anilines is 1. The van der Waals surface area contributed by atoms with Crippen LogP contribution in [0.5, 0.6) is 0 Å². The molecule has 2 N–H and O–H groups in total. The average Bonchev–Trinajstić information content (AvgIpc) is 3.03. The SMILES string of the molecule is C.[C-]#[N+]c1ccc2nc(NC(=O)C(C)(C)C(O)c3ccccc3)n(C3CCC3)c2c1. The second-order valence-electron chi connectivity index (χ2n) is 8.16. The van der Waals surface area contributed by atoms with Crippen molar-refractivity contribution in [3.05, 3.63) is 65.5 Å². The zero-order chi connectivity index (χ0) is 20.6. The molecule has 1 aromatic heterocycles. The van der Waals surface area contributed by atoms with Crippen molar-refractivity contribution in [2.75, 3.05) is 5.32 Å². The number of benzene rings is 2. The number of rotatable bonds is 5. The van der Waals surface area contributed by atoms with Crippen molar-refractivity contribution in [2.45, 2.75) is 52.7 Å². The zero-order valence-electron chi connectivity index (χ0n) is 16.6. The van der Waals surface area contributed by atoms with Crippen LogP contribution in [0.2, 0.25) is 0 Å². The molecular formula is C24H28N4O2. The molecule has 1 atom stereocenters. The fourth-order valence-electron chi connectivity index (χ4n) is 3.69. The van der Waals surface area contributed by atoms with Crippen molar-refractivity contribution in [3.63, 3.8) is 0 Å². The first-order valence-electron chi connectivity index (χ1n) is 9.85. The van der Waals surface area contributed by atoms with Crippen LogP contribution in [0.25, 0.3) is 15.9 Å². The van der Waals surface area contributed by atoms with E-state index in [0.717, 1.165) is 30.3 Å². The molecule has 4 rings (SSSR count). The van der Waals surface area contributed by atoms with Crippen molar-refractivity contribution < 1.29 is 9.90 Å². The molecule has 0 bridgehead atoms. The lowest BCUT2D eigenvalue weighted by molar-refractivity contribution is -0.130. The summed E-state index contributed by atoms with van der Waals surface area (Å²) < 4.78 is 2.04. The Hall–Kier alpha value is -3.17. The maximum Gasteiger partial charge on any atom is 0.235 e. The number of nitrogens with one attached hydrogen (secondary N) is 1. The number of fused-ring (bicyclic) bond motifs is 1. The first kappa shape index (κ1) is 21.5. The van der Waals surface area contributed by atoms with E-state index in [4.69, 9.17) is 6.57 Å². The van der Waals surface area contributed by atoms with E-state index in [-0.39, 0.29) is 19.4 Å². The highest BCUT2D eigenvalue weighted by Gasteiger charge is 2.38. The maximum absolute atomic E-state index is 13.2. The van der Waals surface area contributed by atoms with E-state index in [0.29, 0.717) is 17.2 Å². The van der Waals surface area contributed by atoms with Gasteiger partial charge in [0.05, 0.1) is 29.1 Å². The van der Waals surface area contributed by atoms with Crippen LogP contribution in [0.3, 0.4) is 0 Å². The van der Waals surface area contributed by atoms with Crippen molar-refractivity contribution in [3.8, 4) is 0 Å². The summed E-state index contributed by atoms with van der Waals surface area (Å²) in [5.74, 6) is 0.181. The number of amides is 1. The van der Waals surface area contributed by atoms with Gasteiger partial charge in [0, 0.05) is 6.04 Å². The van der Waals surface area contributed by atoms with Gasteiger partial charge in [-0.1, -0.05) is 43.8 Å². The first-order valence-corrected chi connectivity index (χ1v) is 9.85. The second kappa shape index (κ2) is 8.29. The molecule has 1 unspecified atom stereocenters. The molecule has 6 heteroatoms. The van der Waals surface area contributed by atoms with Crippen LogP contribution < -0.4 is 5.32 Å². The minimum absolute atomic E-state index is 0. The molecule has 0 saturated heterocycles. The number of carbonyl (C=O) groups is 1. The van der Waals surface area contributed by atoms with Gasteiger partial charge in [0.15, 0.2) is 5.69 Å². The Morgan fingerprint density at radius 2 is 1.97 bits per heavy atom. The van der Waals surface area contributed by atoms with Gasteiger partial charge in [-0.05, 0) is 50.8 Å². The fourth-order valence-corrected chi connectivity index (χ4v) is 3.69. The molecule has 0 radical (unpaired) electrons. The third-order valence-corrected chi connectivity index (χ3v) is 5.85. The summed E-state index contributed by atoms with van der Waals surface area (Å²) in [5.41, 5.74) is 1.81. The van der Waals surface area contributed by atoms with Crippen LogP contribution in [-0.4, -0.2) is 20.6 Å². The molecule has 1 aliphatic rings. The minimum atomic E-state index is -1.05. The van der Waals surface area contributed by atoms with E-state index >= 15 is 0 Å². The number of nitrogens with zero attached hydrogens (tertiary/aromatic N) is 3. The van der Waals surface area contributed by atoms with Crippen LogP contribution in [0.4, 0.5) is 11.6 Å². The normalized spacial score (nSPS) is 15.0. The summed E-state index contributed by atoms with van der Waals surface area (Å²) in [6.45, 7) is 10.7. The lowest BCUT2D eigenvalue weighted by Gasteiger charge is -2.32. The van der Waals surface area contributed by atoms with Crippen LogP contribution >= 0.6 is 0 Å². The highest BCUT2D eigenvalue weighted by molar-refractivity contribution is 5.96. The summed E-state index contributed by atoms with van der Waals surface area (Å²) in [6.07, 6.45) is 2.23. The quantitative estimate of drug-likeness (QED) is 0.540. The van der Waals surface area contributed by atoms with Crippen LogP contribution in [0, 0.1) is 12.0 Å². The lowest BCUT2D eigenvalue weighted by Crippen LogP contribution is -2.37. The van der Waals surface area contributed by atoms with Crippen molar-refractivity contribution in [2.24, 2.45) is 5.41 Å². The number of aromatic nitrogens is 2.